The molecule has 1 aliphatic rings. The summed E-state index contributed by atoms with van der Waals surface area (Å²) in [5.74, 6) is 1.01. The van der Waals surface area contributed by atoms with E-state index in [4.69, 9.17) is 11.6 Å². The molecule has 2 rings (SSSR count). The predicted octanol–water partition coefficient (Wildman–Crippen LogP) is 3.16. The second-order valence-corrected chi connectivity index (χ2v) is 6.52. The maximum Gasteiger partial charge on any atom is 0.271 e. The Morgan fingerprint density at radius 3 is 2.59 bits per heavy atom. The molecule has 0 aromatic heterocycles. The number of nitro groups is 1. The van der Waals surface area contributed by atoms with Crippen molar-refractivity contribution in [3.05, 3.63) is 33.3 Å². The van der Waals surface area contributed by atoms with Crippen LogP contribution in [0.2, 0.25) is 5.02 Å². The van der Waals surface area contributed by atoms with Crippen molar-refractivity contribution in [2.45, 2.75) is 20.3 Å². The maximum atomic E-state index is 12.1. The fourth-order valence-electron chi connectivity index (χ4n) is 3.03. The highest BCUT2D eigenvalue weighted by Gasteiger charge is 2.23. The summed E-state index contributed by atoms with van der Waals surface area (Å²) in [6.45, 7) is 6.50. The smallest absolute Gasteiger partial charge is 0.271 e. The van der Waals surface area contributed by atoms with E-state index in [1.807, 2.05) is 0 Å². The number of nitrogens with zero attached hydrogens (tertiary/aromatic N) is 2. The minimum absolute atomic E-state index is 0.0957. The van der Waals surface area contributed by atoms with Crippen LogP contribution in [-0.2, 0) is 4.79 Å². The third-order valence-corrected chi connectivity index (χ3v) is 4.06. The highest BCUT2D eigenvalue weighted by atomic mass is 35.5. The molecule has 0 aliphatic carbocycles. The van der Waals surface area contributed by atoms with Crippen LogP contribution in [-0.4, -0.2) is 35.4 Å². The lowest BCUT2D eigenvalue weighted by atomic mass is 9.92. The molecule has 120 valence electrons. The molecule has 0 saturated carbocycles. The summed E-state index contributed by atoms with van der Waals surface area (Å²) in [5, 5.41) is 13.6. The van der Waals surface area contributed by atoms with Gasteiger partial charge in [-0.05, 0) is 24.3 Å². The molecule has 1 amide bonds. The third-order valence-electron chi connectivity index (χ3n) is 3.75. The summed E-state index contributed by atoms with van der Waals surface area (Å²) in [4.78, 5) is 24.4. The number of non-ortho nitro benzene ring substituents is 1. The van der Waals surface area contributed by atoms with E-state index in [0.29, 0.717) is 24.1 Å². The van der Waals surface area contributed by atoms with Gasteiger partial charge in [0.25, 0.3) is 5.69 Å². The number of nitro benzene ring substituents is 1. The van der Waals surface area contributed by atoms with Crippen molar-refractivity contribution in [3.8, 4) is 0 Å². The molecule has 1 aromatic carbocycles. The van der Waals surface area contributed by atoms with Gasteiger partial charge in [0.15, 0.2) is 0 Å². The van der Waals surface area contributed by atoms with Crippen molar-refractivity contribution in [2.75, 3.05) is 25.0 Å². The molecule has 6 nitrogen and oxygen atoms in total. The summed E-state index contributed by atoms with van der Waals surface area (Å²) in [7, 11) is 0. The molecule has 1 N–H and O–H groups in total. The van der Waals surface area contributed by atoms with E-state index in [0.717, 1.165) is 13.1 Å². The maximum absolute atomic E-state index is 12.1. The Morgan fingerprint density at radius 1 is 1.41 bits per heavy atom. The van der Waals surface area contributed by atoms with E-state index in [9.17, 15) is 14.9 Å². The molecule has 1 aliphatic heterocycles. The Kier molecular flexibility index (Phi) is 5.37. The van der Waals surface area contributed by atoms with Crippen LogP contribution in [0.5, 0.6) is 0 Å². The summed E-state index contributed by atoms with van der Waals surface area (Å²) >= 11 is 5.97. The molecule has 0 spiro atoms. The Bertz CT molecular complexity index is 569. The molecule has 7 heteroatoms. The van der Waals surface area contributed by atoms with Crippen LogP contribution in [0.4, 0.5) is 11.4 Å². The molecule has 0 bridgehead atoms. The molecular formula is C15H20ClN3O3. The number of nitrogens with one attached hydrogen (secondary N) is 1. The quantitative estimate of drug-likeness (QED) is 0.681. The standard InChI is InChI=1S/C15H20ClN3O3/c1-10-5-11(2)8-18(7-10)9-15(20)17-14-4-3-12(19(21)22)6-13(14)16/h3-4,6,10-11H,5,7-9H2,1-2H3,(H,17,20)/t10-,11-/m1/s1. The number of carbonyl (C=O) groups is 1. The third kappa shape index (κ3) is 4.42. The lowest BCUT2D eigenvalue weighted by molar-refractivity contribution is -0.384. The fraction of sp³-hybridized carbons (Fsp3) is 0.533. The van der Waals surface area contributed by atoms with Crippen molar-refractivity contribution >= 4 is 28.9 Å². The van der Waals surface area contributed by atoms with E-state index in [2.05, 4.69) is 24.1 Å². The first kappa shape index (κ1) is 16.7. The zero-order valence-corrected chi connectivity index (χ0v) is 13.5. The second-order valence-electron chi connectivity index (χ2n) is 6.11. The van der Waals surface area contributed by atoms with Gasteiger partial charge in [0, 0.05) is 25.2 Å². The van der Waals surface area contributed by atoms with Gasteiger partial charge in [-0.15, -0.1) is 0 Å². The van der Waals surface area contributed by atoms with Crippen LogP contribution < -0.4 is 5.32 Å². The minimum atomic E-state index is -0.520. The number of benzene rings is 1. The normalized spacial score (nSPS) is 22.3. The number of halogens is 1. The van der Waals surface area contributed by atoms with Gasteiger partial charge in [-0.1, -0.05) is 25.4 Å². The summed E-state index contributed by atoms with van der Waals surface area (Å²) < 4.78 is 0. The number of likely N-dealkylation sites (tertiary alicyclic amines) is 1. The molecule has 1 fully saturated rings. The van der Waals surface area contributed by atoms with Crippen molar-refractivity contribution in [1.82, 2.24) is 4.90 Å². The van der Waals surface area contributed by atoms with Crippen molar-refractivity contribution < 1.29 is 9.72 Å². The minimum Gasteiger partial charge on any atom is -0.324 e. The van der Waals surface area contributed by atoms with Gasteiger partial charge in [0.05, 0.1) is 22.2 Å². The molecule has 2 atom stereocenters. The van der Waals surface area contributed by atoms with Crippen molar-refractivity contribution in [2.24, 2.45) is 11.8 Å². The lowest BCUT2D eigenvalue weighted by Crippen LogP contribution is -2.42. The second kappa shape index (κ2) is 7.07. The first-order valence-corrected chi connectivity index (χ1v) is 7.69. The Labute approximate surface area is 134 Å². The zero-order valence-electron chi connectivity index (χ0n) is 12.7. The summed E-state index contributed by atoms with van der Waals surface area (Å²) in [6.07, 6.45) is 1.19. The average Bonchev–Trinajstić information content (AvgIpc) is 2.39. The highest BCUT2D eigenvalue weighted by Crippen LogP contribution is 2.27. The molecule has 1 saturated heterocycles. The lowest BCUT2D eigenvalue weighted by Gasteiger charge is -2.34. The van der Waals surface area contributed by atoms with E-state index >= 15 is 0 Å². The largest absolute Gasteiger partial charge is 0.324 e. The van der Waals surface area contributed by atoms with Gasteiger partial charge in [-0.25, -0.2) is 0 Å². The number of piperidine rings is 1. The molecule has 22 heavy (non-hydrogen) atoms. The van der Waals surface area contributed by atoms with Gasteiger partial charge in [0.2, 0.25) is 5.91 Å². The number of carbonyl (C=O) groups excluding carboxylic acids is 1. The Morgan fingerprint density at radius 2 is 2.05 bits per heavy atom. The molecule has 1 aromatic rings. The Balaban J connectivity index is 1.96. The van der Waals surface area contributed by atoms with Crippen molar-refractivity contribution in [1.29, 1.82) is 0 Å². The number of amides is 1. The zero-order chi connectivity index (χ0) is 16.3. The summed E-state index contributed by atoms with van der Waals surface area (Å²) in [6, 6.07) is 4.02. The van der Waals surface area contributed by atoms with E-state index in [1.54, 1.807) is 0 Å². The molecule has 1 heterocycles. The number of hydrogen-bond acceptors (Lipinski definition) is 4. The average molecular weight is 326 g/mol. The van der Waals surface area contributed by atoms with Crippen LogP contribution in [0, 0.1) is 22.0 Å². The van der Waals surface area contributed by atoms with Crippen LogP contribution in [0.3, 0.4) is 0 Å². The van der Waals surface area contributed by atoms with Crippen LogP contribution >= 0.6 is 11.6 Å². The van der Waals surface area contributed by atoms with Gasteiger partial charge >= 0.3 is 0 Å². The first-order chi connectivity index (χ1) is 10.3. The van der Waals surface area contributed by atoms with Gasteiger partial charge in [-0.3, -0.25) is 19.8 Å². The van der Waals surface area contributed by atoms with Gasteiger partial charge < -0.3 is 5.32 Å². The molecular weight excluding hydrogens is 306 g/mol. The van der Waals surface area contributed by atoms with Gasteiger partial charge in [0.1, 0.15) is 0 Å². The van der Waals surface area contributed by atoms with Crippen LogP contribution in [0.1, 0.15) is 20.3 Å². The number of anilines is 1. The van der Waals surface area contributed by atoms with Crippen molar-refractivity contribution in [3.63, 3.8) is 0 Å². The van der Waals surface area contributed by atoms with E-state index in [-0.39, 0.29) is 16.6 Å². The molecule has 0 unspecified atom stereocenters. The first-order valence-electron chi connectivity index (χ1n) is 7.31. The predicted molar refractivity (Wildman–Crippen MR) is 86.1 cm³/mol. The topological polar surface area (TPSA) is 75.5 Å². The SMILES string of the molecule is C[C@@H]1C[C@@H](C)CN(CC(=O)Nc2ccc([N+](=O)[O-])cc2Cl)C1. The number of rotatable bonds is 4. The highest BCUT2D eigenvalue weighted by molar-refractivity contribution is 6.34. The monoisotopic (exact) mass is 325 g/mol. The fourth-order valence-corrected chi connectivity index (χ4v) is 3.25. The van der Waals surface area contributed by atoms with Gasteiger partial charge in [-0.2, -0.15) is 0 Å². The van der Waals surface area contributed by atoms with Crippen LogP contribution in [0.25, 0.3) is 0 Å². The van der Waals surface area contributed by atoms with E-state index < -0.39 is 4.92 Å². The van der Waals surface area contributed by atoms with E-state index in [1.165, 1.54) is 24.6 Å². The molecule has 0 radical (unpaired) electrons. The summed E-state index contributed by atoms with van der Waals surface area (Å²) in [5.41, 5.74) is 0.303. The Hall–Kier alpha value is -1.66. The number of hydrogen-bond donors (Lipinski definition) is 1. The van der Waals surface area contributed by atoms with Crippen LogP contribution in [0.15, 0.2) is 18.2 Å².